The Bertz CT molecular complexity index is 636. The molecule has 1 unspecified atom stereocenters. The lowest BCUT2D eigenvalue weighted by Gasteiger charge is -2.06. The normalized spacial score (nSPS) is 12.4. The van der Waals surface area contributed by atoms with Crippen LogP contribution in [-0.4, -0.2) is 19.9 Å². The molecular formula is C11H9Cl3N4O2. The predicted molar refractivity (Wildman–Crippen MR) is 76.9 cm³/mol. The molecule has 0 aliphatic carbocycles. The van der Waals surface area contributed by atoms with Gasteiger partial charge in [-0.3, -0.25) is 10.1 Å². The van der Waals surface area contributed by atoms with Crippen LogP contribution >= 0.6 is 34.8 Å². The molecule has 0 radical (unpaired) electrons. The number of non-ortho nitro benzene ring substituents is 1. The molecule has 0 fully saturated rings. The third kappa shape index (κ3) is 2.87. The summed E-state index contributed by atoms with van der Waals surface area (Å²) in [5.74, 6) is 0. The Kier molecular flexibility index (Phi) is 4.47. The molecule has 1 heterocycles. The first-order valence-electron chi connectivity index (χ1n) is 5.64. The molecule has 0 aliphatic rings. The summed E-state index contributed by atoms with van der Waals surface area (Å²) in [5, 5.41) is 18.5. The van der Waals surface area contributed by atoms with Gasteiger partial charge in [0.15, 0.2) is 0 Å². The average molecular weight is 336 g/mol. The number of hydrogen-bond acceptors (Lipinski definition) is 4. The molecule has 0 aliphatic heterocycles. The molecule has 2 rings (SSSR count). The summed E-state index contributed by atoms with van der Waals surface area (Å²) in [6, 6.07) is 2.42. The Hall–Kier alpha value is -1.37. The molecule has 1 aromatic carbocycles. The van der Waals surface area contributed by atoms with E-state index in [9.17, 15) is 10.1 Å². The van der Waals surface area contributed by atoms with Crippen LogP contribution in [0.1, 0.15) is 24.4 Å². The van der Waals surface area contributed by atoms with Gasteiger partial charge in [0.05, 0.1) is 26.5 Å². The van der Waals surface area contributed by atoms with E-state index in [2.05, 4.69) is 10.3 Å². The van der Waals surface area contributed by atoms with E-state index in [4.69, 9.17) is 34.8 Å². The molecule has 0 saturated heterocycles. The number of rotatable bonds is 4. The number of nitro groups is 1. The number of nitrogens with zero attached hydrogens (tertiary/aromatic N) is 4. The Balaban J connectivity index is 2.48. The van der Waals surface area contributed by atoms with Crippen LogP contribution in [0.3, 0.4) is 0 Å². The minimum Gasteiger partial charge on any atom is -0.258 e. The van der Waals surface area contributed by atoms with Crippen molar-refractivity contribution < 1.29 is 4.92 Å². The van der Waals surface area contributed by atoms with Crippen molar-refractivity contribution in [3.05, 3.63) is 44.2 Å². The van der Waals surface area contributed by atoms with E-state index in [0.29, 0.717) is 17.8 Å². The molecule has 20 heavy (non-hydrogen) atoms. The van der Waals surface area contributed by atoms with Crippen molar-refractivity contribution in [3.8, 4) is 5.69 Å². The maximum atomic E-state index is 10.7. The van der Waals surface area contributed by atoms with E-state index >= 15 is 0 Å². The predicted octanol–water partition coefficient (Wildman–Crippen LogP) is 4.17. The van der Waals surface area contributed by atoms with Gasteiger partial charge in [-0.05, 0) is 6.42 Å². The summed E-state index contributed by atoms with van der Waals surface area (Å²) in [5.41, 5.74) is 0.727. The van der Waals surface area contributed by atoms with Gasteiger partial charge in [-0.2, -0.15) is 0 Å². The average Bonchev–Trinajstić information content (AvgIpc) is 2.86. The smallest absolute Gasteiger partial charge is 0.258 e. The number of hydrogen-bond donors (Lipinski definition) is 0. The van der Waals surface area contributed by atoms with Crippen molar-refractivity contribution in [1.29, 1.82) is 0 Å². The maximum absolute atomic E-state index is 10.7. The van der Waals surface area contributed by atoms with Crippen molar-refractivity contribution in [2.24, 2.45) is 0 Å². The minimum atomic E-state index is -0.569. The third-order valence-corrected chi connectivity index (χ3v) is 3.74. The number of aromatic nitrogens is 3. The van der Waals surface area contributed by atoms with Gasteiger partial charge in [0, 0.05) is 12.1 Å². The van der Waals surface area contributed by atoms with Crippen molar-refractivity contribution in [2.45, 2.75) is 18.7 Å². The van der Waals surface area contributed by atoms with Crippen LogP contribution < -0.4 is 0 Å². The molecule has 0 bridgehead atoms. The minimum absolute atomic E-state index is 0.114. The van der Waals surface area contributed by atoms with Crippen LogP contribution in [0, 0.1) is 10.1 Å². The highest BCUT2D eigenvalue weighted by Crippen LogP contribution is 2.33. The molecule has 0 spiro atoms. The Morgan fingerprint density at radius 2 is 2.00 bits per heavy atom. The van der Waals surface area contributed by atoms with Crippen molar-refractivity contribution in [3.63, 3.8) is 0 Å². The number of benzene rings is 1. The van der Waals surface area contributed by atoms with Gasteiger partial charge in [0.25, 0.3) is 5.69 Å². The lowest BCUT2D eigenvalue weighted by Crippen LogP contribution is -1.99. The molecule has 0 N–H and O–H groups in total. The molecule has 1 aromatic heterocycles. The number of alkyl halides is 1. The number of nitro benzene ring substituents is 1. The van der Waals surface area contributed by atoms with Crippen LogP contribution in [0.2, 0.25) is 10.0 Å². The van der Waals surface area contributed by atoms with E-state index < -0.39 is 4.92 Å². The monoisotopic (exact) mass is 334 g/mol. The highest BCUT2D eigenvalue weighted by molar-refractivity contribution is 6.38. The molecule has 106 valence electrons. The van der Waals surface area contributed by atoms with Gasteiger partial charge in [-0.1, -0.05) is 35.3 Å². The Morgan fingerprint density at radius 1 is 1.40 bits per heavy atom. The topological polar surface area (TPSA) is 73.8 Å². The van der Waals surface area contributed by atoms with Crippen LogP contribution in [-0.2, 0) is 0 Å². The van der Waals surface area contributed by atoms with Crippen LogP contribution in [0.5, 0.6) is 0 Å². The second-order valence-electron chi connectivity index (χ2n) is 3.98. The van der Waals surface area contributed by atoms with Gasteiger partial charge < -0.3 is 0 Å². The third-order valence-electron chi connectivity index (χ3n) is 2.63. The van der Waals surface area contributed by atoms with Crippen LogP contribution in [0.15, 0.2) is 18.3 Å². The SMILES string of the molecule is CCC(Cl)c1cn(-c2c(Cl)cc([N+](=O)[O-])cc2Cl)nn1. The lowest BCUT2D eigenvalue weighted by molar-refractivity contribution is -0.384. The van der Waals surface area contributed by atoms with Gasteiger partial charge in [-0.15, -0.1) is 16.7 Å². The summed E-state index contributed by atoms with van der Waals surface area (Å²) in [6.45, 7) is 1.92. The van der Waals surface area contributed by atoms with E-state index in [1.807, 2.05) is 6.92 Å². The highest BCUT2D eigenvalue weighted by Gasteiger charge is 2.18. The molecule has 9 heteroatoms. The summed E-state index contributed by atoms with van der Waals surface area (Å²) >= 11 is 18.1. The van der Waals surface area contributed by atoms with Gasteiger partial charge >= 0.3 is 0 Å². The zero-order chi connectivity index (χ0) is 14.9. The first-order chi connectivity index (χ1) is 9.43. The van der Waals surface area contributed by atoms with Gasteiger partial charge in [-0.25, -0.2) is 4.68 Å². The van der Waals surface area contributed by atoms with Crippen molar-refractivity contribution >= 4 is 40.5 Å². The summed E-state index contributed by atoms with van der Waals surface area (Å²) in [4.78, 5) is 10.2. The van der Waals surface area contributed by atoms with E-state index in [-0.39, 0.29) is 21.1 Å². The molecule has 6 nitrogen and oxygen atoms in total. The van der Waals surface area contributed by atoms with Crippen molar-refractivity contribution in [2.75, 3.05) is 0 Å². The van der Waals surface area contributed by atoms with Crippen molar-refractivity contribution in [1.82, 2.24) is 15.0 Å². The van der Waals surface area contributed by atoms with E-state index in [1.54, 1.807) is 6.20 Å². The Labute approximate surface area is 129 Å². The van der Waals surface area contributed by atoms with Crippen LogP contribution in [0.25, 0.3) is 5.69 Å². The first kappa shape index (κ1) is 15.0. The molecule has 2 aromatic rings. The zero-order valence-corrected chi connectivity index (χ0v) is 12.5. The molecule has 1 atom stereocenters. The first-order valence-corrected chi connectivity index (χ1v) is 6.83. The zero-order valence-electron chi connectivity index (χ0n) is 10.3. The molecular weight excluding hydrogens is 327 g/mol. The lowest BCUT2D eigenvalue weighted by atomic mass is 10.2. The second kappa shape index (κ2) is 5.95. The Morgan fingerprint density at radius 3 is 2.50 bits per heavy atom. The second-order valence-corrected chi connectivity index (χ2v) is 5.32. The van der Waals surface area contributed by atoms with E-state index in [0.717, 1.165) is 0 Å². The summed E-state index contributed by atoms with van der Waals surface area (Å²) < 4.78 is 1.36. The summed E-state index contributed by atoms with van der Waals surface area (Å²) in [7, 11) is 0. The van der Waals surface area contributed by atoms with Crippen LogP contribution in [0.4, 0.5) is 5.69 Å². The van der Waals surface area contributed by atoms with E-state index in [1.165, 1.54) is 16.8 Å². The largest absolute Gasteiger partial charge is 0.272 e. The highest BCUT2D eigenvalue weighted by atomic mass is 35.5. The fraction of sp³-hybridized carbons (Fsp3) is 0.273. The summed E-state index contributed by atoms with van der Waals surface area (Å²) in [6.07, 6.45) is 2.29. The molecule has 0 saturated carbocycles. The fourth-order valence-electron chi connectivity index (χ4n) is 1.62. The number of halogens is 3. The standard InChI is InChI=1S/C11H9Cl3N4O2/c1-2-7(12)10-5-17(16-15-10)11-8(13)3-6(18(19)20)4-9(11)14/h3-5,7H,2H2,1H3. The van der Waals surface area contributed by atoms with Gasteiger partial charge in [0.2, 0.25) is 0 Å². The quantitative estimate of drug-likeness (QED) is 0.477. The molecule has 0 amide bonds. The maximum Gasteiger partial charge on any atom is 0.272 e. The van der Waals surface area contributed by atoms with Gasteiger partial charge in [0.1, 0.15) is 11.4 Å². The fourth-order valence-corrected chi connectivity index (χ4v) is 2.36.